The largest absolute Gasteiger partial charge is 0.494 e. The molecular weight excluding hydrogens is 334 g/mol. The number of piperazine rings is 1. The van der Waals surface area contributed by atoms with Crippen LogP contribution in [0.3, 0.4) is 0 Å². The molecule has 0 radical (unpaired) electrons. The van der Waals surface area contributed by atoms with Gasteiger partial charge in [-0.1, -0.05) is 12.1 Å². The van der Waals surface area contributed by atoms with Gasteiger partial charge in [0.1, 0.15) is 5.75 Å². The van der Waals surface area contributed by atoms with Gasteiger partial charge in [-0.15, -0.1) is 0 Å². The van der Waals surface area contributed by atoms with Gasteiger partial charge in [-0.05, 0) is 36.8 Å². The molecule has 3 rings (SSSR count). The lowest BCUT2D eigenvalue weighted by Gasteiger charge is -2.34. The van der Waals surface area contributed by atoms with Gasteiger partial charge in [0.15, 0.2) is 5.76 Å². The van der Waals surface area contributed by atoms with E-state index >= 15 is 0 Å². The standard InChI is InChI=1S/C19H23N3O4/c1-2-25-16-7-5-15(6-8-16)14-20-19(24)22-11-9-21(10-12-22)18(23)17-4-3-13-26-17/h3-8,13H,2,9-12,14H2,1H3,(H,20,24). The minimum Gasteiger partial charge on any atom is -0.494 e. The Morgan fingerprint density at radius 1 is 1.08 bits per heavy atom. The van der Waals surface area contributed by atoms with E-state index in [-0.39, 0.29) is 11.9 Å². The summed E-state index contributed by atoms with van der Waals surface area (Å²) in [7, 11) is 0. The highest BCUT2D eigenvalue weighted by Crippen LogP contribution is 2.12. The van der Waals surface area contributed by atoms with Crippen molar-refractivity contribution in [3.63, 3.8) is 0 Å². The topological polar surface area (TPSA) is 75.0 Å². The number of urea groups is 1. The van der Waals surface area contributed by atoms with Crippen LogP contribution in [0.2, 0.25) is 0 Å². The zero-order valence-electron chi connectivity index (χ0n) is 14.8. The first kappa shape index (κ1) is 17.8. The van der Waals surface area contributed by atoms with Crippen molar-refractivity contribution >= 4 is 11.9 Å². The maximum absolute atomic E-state index is 12.3. The number of benzene rings is 1. The Morgan fingerprint density at radius 3 is 2.38 bits per heavy atom. The van der Waals surface area contributed by atoms with Gasteiger partial charge in [0, 0.05) is 32.7 Å². The molecule has 1 N–H and O–H groups in total. The van der Waals surface area contributed by atoms with Crippen LogP contribution in [0.4, 0.5) is 4.79 Å². The van der Waals surface area contributed by atoms with Crippen molar-refractivity contribution in [2.45, 2.75) is 13.5 Å². The lowest BCUT2D eigenvalue weighted by molar-refractivity contribution is 0.0634. The highest BCUT2D eigenvalue weighted by atomic mass is 16.5. The van der Waals surface area contributed by atoms with Crippen LogP contribution in [-0.4, -0.2) is 54.5 Å². The number of hydrogen-bond acceptors (Lipinski definition) is 4. The second kappa shape index (κ2) is 8.42. The number of rotatable bonds is 5. The zero-order chi connectivity index (χ0) is 18.4. The third kappa shape index (κ3) is 4.36. The van der Waals surface area contributed by atoms with Crippen molar-refractivity contribution in [2.24, 2.45) is 0 Å². The maximum Gasteiger partial charge on any atom is 0.317 e. The lowest BCUT2D eigenvalue weighted by Crippen LogP contribution is -2.53. The van der Waals surface area contributed by atoms with Crippen LogP contribution in [0.5, 0.6) is 5.75 Å². The van der Waals surface area contributed by atoms with E-state index in [1.54, 1.807) is 21.9 Å². The molecule has 1 aromatic carbocycles. The molecule has 1 fully saturated rings. The number of carbonyl (C=O) groups is 2. The summed E-state index contributed by atoms with van der Waals surface area (Å²) in [5.74, 6) is 1.02. The Kier molecular flexibility index (Phi) is 5.78. The van der Waals surface area contributed by atoms with Crippen molar-refractivity contribution in [1.82, 2.24) is 15.1 Å². The Morgan fingerprint density at radius 2 is 1.77 bits per heavy atom. The maximum atomic E-state index is 12.3. The lowest BCUT2D eigenvalue weighted by atomic mass is 10.2. The summed E-state index contributed by atoms with van der Waals surface area (Å²) < 4.78 is 10.5. The predicted octanol–water partition coefficient (Wildman–Crippen LogP) is 2.35. The molecule has 138 valence electrons. The van der Waals surface area contributed by atoms with Crippen LogP contribution in [0.15, 0.2) is 47.1 Å². The summed E-state index contributed by atoms with van der Waals surface area (Å²) in [5, 5.41) is 2.92. The molecule has 0 atom stereocenters. The molecule has 0 aliphatic carbocycles. The Balaban J connectivity index is 1.44. The van der Waals surface area contributed by atoms with Crippen molar-refractivity contribution < 1.29 is 18.7 Å². The molecule has 7 heteroatoms. The molecule has 2 heterocycles. The minimum absolute atomic E-state index is 0.121. The van der Waals surface area contributed by atoms with Crippen molar-refractivity contribution in [1.29, 1.82) is 0 Å². The summed E-state index contributed by atoms with van der Waals surface area (Å²) >= 11 is 0. The molecule has 2 aromatic rings. The van der Waals surface area contributed by atoms with Crippen molar-refractivity contribution in [3.8, 4) is 5.75 Å². The van der Waals surface area contributed by atoms with Crippen molar-refractivity contribution in [2.75, 3.05) is 32.8 Å². The van der Waals surface area contributed by atoms with Gasteiger partial charge in [0.25, 0.3) is 5.91 Å². The van der Waals surface area contributed by atoms with E-state index in [1.165, 1.54) is 6.26 Å². The predicted molar refractivity (Wildman–Crippen MR) is 96.0 cm³/mol. The van der Waals surface area contributed by atoms with E-state index in [0.717, 1.165) is 11.3 Å². The third-order valence-electron chi connectivity index (χ3n) is 4.26. The average molecular weight is 357 g/mol. The fourth-order valence-corrected chi connectivity index (χ4v) is 2.83. The van der Waals surface area contributed by atoms with Gasteiger partial charge in [0.2, 0.25) is 0 Å². The number of nitrogens with one attached hydrogen (secondary N) is 1. The molecule has 3 amide bonds. The third-order valence-corrected chi connectivity index (χ3v) is 4.26. The van der Waals surface area contributed by atoms with E-state index in [4.69, 9.17) is 9.15 Å². The Bertz CT molecular complexity index is 720. The fourth-order valence-electron chi connectivity index (χ4n) is 2.83. The van der Waals surface area contributed by atoms with E-state index in [0.29, 0.717) is 45.1 Å². The monoisotopic (exact) mass is 357 g/mol. The highest BCUT2D eigenvalue weighted by molar-refractivity contribution is 5.91. The van der Waals surface area contributed by atoms with Gasteiger partial charge in [-0.25, -0.2) is 4.79 Å². The fraction of sp³-hybridized carbons (Fsp3) is 0.368. The van der Waals surface area contributed by atoms with Crippen LogP contribution in [0, 0.1) is 0 Å². The number of furan rings is 1. The number of hydrogen-bond donors (Lipinski definition) is 1. The average Bonchev–Trinajstić information content (AvgIpc) is 3.22. The smallest absolute Gasteiger partial charge is 0.317 e. The highest BCUT2D eigenvalue weighted by Gasteiger charge is 2.25. The molecule has 1 aromatic heterocycles. The molecule has 26 heavy (non-hydrogen) atoms. The summed E-state index contributed by atoms with van der Waals surface area (Å²) in [6.07, 6.45) is 1.48. The molecule has 1 aliphatic heterocycles. The van der Waals surface area contributed by atoms with Crippen LogP contribution < -0.4 is 10.1 Å². The summed E-state index contributed by atoms with van der Waals surface area (Å²) in [6.45, 7) is 5.02. The molecular formula is C19H23N3O4. The molecule has 0 bridgehead atoms. The SMILES string of the molecule is CCOc1ccc(CNC(=O)N2CCN(C(=O)c3ccco3)CC2)cc1. The van der Waals surface area contributed by atoms with E-state index in [1.807, 2.05) is 31.2 Å². The van der Waals surface area contributed by atoms with Gasteiger partial charge in [-0.2, -0.15) is 0 Å². The molecule has 0 unspecified atom stereocenters. The molecule has 1 saturated heterocycles. The summed E-state index contributed by atoms with van der Waals surface area (Å²) in [5.41, 5.74) is 1.01. The zero-order valence-corrected chi connectivity index (χ0v) is 14.8. The second-order valence-electron chi connectivity index (χ2n) is 5.99. The van der Waals surface area contributed by atoms with E-state index in [2.05, 4.69) is 5.32 Å². The van der Waals surface area contributed by atoms with Gasteiger partial charge >= 0.3 is 6.03 Å². The Hall–Kier alpha value is -2.96. The van der Waals surface area contributed by atoms with Crippen LogP contribution in [-0.2, 0) is 6.54 Å². The Labute approximate surface area is 152 Å². The number of carbonyl (C=O) groups excluding carboxylic acids is 2. The quantitative estimate of drug-likeness (QED) is 0.891. The van der Waals surface area contributed by atoms with Crippen LogP contribution >= 0.6 is 0 Å². The number of nitrogens with zero attached hydrogens (tertiary/aromatic N) is 2. The molecule has 0 spiro atoms. The second-order valence-corrected chi connectivity index (χ2v) is 5.99. The number of ether oxygens (including phenoxy) is 1. The first-order chi connectivity index (χ1) is 12.7. The van der Waals surface area contributed by atoms with Gasteiger partial charge in [-0.3, -0.25) is 4.79 Å². The van der Waals surface area contributed by atoms with Crippen molar-refractivity contribution in [3.05, 3.63) is 54.0 Å². The molecule has 0 saturated carbocycles. The van der Waals surface area contributed by atoms with Gasteiger partial charge < -0.3 is 24.3 Å². The van der Waals surface area contributed by atoms with E-state index < -0.39 is 0 Å². The number of amides is 3. The van der Waals surface area contributed by atoms with Gasteiger partial charge in [0.05, 0.1) is 12.9 Å². The molecule has 1 aliphatic rings. The minimum atomic E-state index is -0.135. The first-order valence-corrected chi connectivity index (χ1v) is 8.74. The summed E-state index contributed by atoms with van der Waals surface area (Å²) in [4.78, 5) is 28.0. The summed E-state index contributed by atoms with van der Waals surface area (Å²) in [6, 6.07) is 10.9. The normalized spacial score (nSPS) is 14.2. The van der Waals surface area contributed by atoms with E-state index in [9.17, 15) is 9.59 Å². The first-order valence-electron chi connectivity index (χ1n) is 8.74. The molecule has 7 nitrogen and oxygen atoms in total. The van der Waals surface area contributed by atoms with Crippen LogP contribution in [0.1, 0.15) is 23.0 Å². The van der Waals surface area contributed by atoms with Crippen LogP contribution in [0.25, 0.3) is 0 Å².